The first-order valence-electron chi connectivity index (χ1n) is 9.07. The van der Waals surface area contributed by atoms with Crippen LogP contribution >= 0.6 is 0 Å². The zero-order valence-electron chi connectivity index (χ0n) is 13.8. The van der Waals surface area contributed by atoms with E-state index < -0.39 is 12.3 Å². The molecule has 3 heteroatoms. The second-order valence-corrected chi connectivity index (χ2v) is 8.84. The quantitative estimate of drug-likeness (QED) is 0.671. The first-order valence-corrected chi connectivity index (χ1v) is 9.07. The third-order valence-electron chi connectivity index (χ3n) is 7.98. The van der Waals surface area contributed by atoms with Crippen LogP contribution in [0.1, 0.15) is 58.8 Å². The number of fused-ring (bicyclic) bond motifs is 5. The van der Waals surface area contributed by atoms with Gasteiger partial charge >= 0.3 is 0 Å². The molecule has 0 unspecified atom stereocenters. The van der Waals surface area contributed by atoms with Gasteiger partial charge in [0.15, 0.2) is 0 Å². The van der Waals surface area contributed by atoms with Gasteiger partial charge in [-0.2, -0.15) is 0 Å². The average Bonchev–Trinajstić information content (AvgIpc) is 2.71. The summed E-state index contributed by atoms with van der Waals surface area (Å²) in [7, 11) is 0. The molecule has 0 radical (unpaired) electrons. The summed E-state index contributed by atoms with van der Waals surface area (Å²) in [4.78, 5) is 0. The van der Waals surface area contributed by atoms with E-state index in [1.165, 1.54) is 18.4 Å². The number of aliphatic hydroxyl groups excluding tert-OH is 2. The minimum Gasteiger partial charge on any atom is -0.392 e. The van der Waals surface area contributed by atoms with Gasteiger partial charge in [-0.1, -0.05) is 25.5 Å². The summed E-state index contributed by atoms with van der Waals surface area (Å²) < 4.78 is 14.2. The van der Waals surface area contributed by atoms with Crippen LogP contribution < -0.4 is 0 Å². The molecule has 0 aromatic carbocycles. The van der Waals surface area contributed by atoms with Gasteiger partial charge in [0, 0.05) is 0 Å². The number of allylic oxidation sites excluding steroid dienone is 1. The number of halogens is 1. The van der Waals surface area contributed by atoms with Crippen LogP contribution in [0.15, 0.2) is 11.6 Å². The van der Waals surface area contributed by atoms with Crippen LogP contribution in [-0.2, 0) is 0 Å². The Bertz CT molecular complexity index is 504. The van der Waals surface area contributed by atoms with Crippen LogP contribution in [-0.4, -0.2) is 28.6 Å². The highest BCUT2D eigenvalue weighted by Crippen LogP contribution is 2.65. The molecule has 0 bridgehead atoms. The molecule has 4 aliphatic carbocycles. The lowest BCUT2D eigenvalue weighted by Crippen LogP contribution is -2.55. The van der Waals surface area contributed by atoms with Crippen molar-refractivity contribution in [2.24, 2.45) is 28.6 Å². The molecule has 2 N–H and O–H groups in total. The summed E-state index contributed by atoms with van der Waals surface area (Å²) in [6.45, 7) is 4.43. The van der Waals surface area contributed by atoms with E-state index in [4.69, 9.17) is 0 Å². The molecule has 4 rings (SSSR count). The molecule has 0 aromatic rings. The number of alkyl halides is 1. The summed E-state index contributed by atoms with van der Waals surface area (Å²) in [6.07, 6.45) is 6.74. The molecule has 4 aliphatic rings. The van der Waals surface area contributed by atoms with Gasteiger partial charge in [0.25, 0.3) is 0 Å². The lowest BCUT2D eigenvalue weighted by atomic mass is 9.46. The van der Waals surface area contributed by atoms with Crippen molar-refractivity contribution in [3.05, 3.63) is 11.6 Å². The molecule has 0 heterocycles. The van der Waals surface area contributed by atoms with E-state index in [9.17, 15) is 14.6 Å². The summed E-state index contributed by atoms with van der Waals surface area (Å²) >= 11 is 0. The lowest BCUT2D eigenvalue weighted by Gasteiger charge is -2.59. The largest absolute Gasteiger partial charge is 0.392 e. The van der Waals surface area contributed by atoms with E-state index >= 15 is 0 Å². The van der Waals surface area contributed by atoms with E-state index in [0.29, 0.717) is 12.3 Å². The molecule has 8 atom stereocenters. The third kappa shape index (κ3) is 1.78. The molecular formula is C19H29FO2. The summed E-state index contributed by atoms with van der Waals surface area (Å²) in [5.41, 5.74) is 1.31. The maximum absolute atomic E-state index is 14.2. The van der Waals surface area contributed by atoms with Crippen LogP contribution in [0.5, 0.6) is 0 Å². The Hall–Kier alpha value is -0.410. The Morgan fingerprint density at radius 2 is 1.95 bits per heavy atom. The third-order valence-corrected chi connectivity index (χ3v) is 7.98. The monoisotopic (exact) mass is 308 g/mol. The highest BCUT2D eigenvalue weighted by molar-refractivity contribution is 5.26. The van der Waals surface area contributed by atoms with Crippen molar-refractivity contribution in [3.63, 3.8) is 0 Å². The van der Waals surface area contributed by atoms with Gasteiger partial charge in [-0.05, 0) is 73.5 Å². The van der Waals surface area contributed by atoms with Crippen molar-refractivity contribution >= 4 is 0 Å². The molecule has 0 amide bonds. The van der Waals surface area contributed by atoms with Gasteiger partial charge in [-0.3, -0.25) is 0 Å². The predicted molar refractivity (Wildman–Crippen MR) is 84.0 cm³/mol. The van der Waals surface area contributed by atoms with Crippen molar-refractivity contribution in [1.82, 2.24) is 0 Å². The minimum absolute atomic E-state index is 0.131. The fourth-order valence-corrected chi connectivity index (χ4v) is 6.66. The minimum atomic E-state index is -1.11. The molecule has 3 saturated carbocycles. The summed E-state index contributed by atoms with van der Waals surface area (Å²) in [5.74, 6) is 0.749. The van der Waals surface area contributed by atoms with Crippen LogP contribution in [0.2, 0.25) is 0 Å². The van der Waals surface area contributed by atoms with E-state index in [2.05, 4.69) is 19.9 Å². The summed E-state index contributed by atoms with van der Waals surface area (Å²) in [5, 5.41) is 21.2. The molecule has 0 spiro atoms. The Labute approximate surface area is 132 Å². The fourth-order valence-electron chi connectivity index (χ4n) is 6.66. The van der Waals surface area contributed by atoms with Gasteiger partial charge < -0.3 is 10.2 Å². The number of hydrogen-bond acceptors (Lipinski definition) is 2. The molecule has 124 valence electrons. The second-order valence-electron chi connectivity index (χ2n) is 8.84. The fraction of sp³-hybridized carbons (Fsp3) is 0.895. The van der Waals surface area contributed by atoms with Crippen molar-refractivity contribution in [1.29, 1.82) is 0 Å². The number of rotatable bonds is 0. The SMILES string of the molecule is C[C@]12CC[C@H]3[C@@H]([C@@H](O)CC4=CCCC[C@@]43C)[C@@H]1C[C@@H](F)[C@@H]2O. The van der Waals surface area contributed by atoms with Crippen LogP contribution in [0.25, 0.3) is 0 Å². The topological polar surface area (TPSA) is 40.5 Å². The molecule has 2 nitrogen and oxygen atoms in total. The Balaban J connectivity index is 1.73. The van der Waals surface area contributed by atoms with Crippen molar-refractivity contribution < 1.29 is 14.6 Å². The average molecular weight is 308 g/mol. The van der Waals surface area contributed by atoms with E-state index in [1.807, 2.05) is 0 Å². The van der Waals surface area contributed by atoms with Gasteiger partial charge in [-0.25, -0.2) is 4.39 Å². The zero-order valence-corrected chi connectivity index (χ0v) is 13.8. The predicted octanol–water partition coefficient (Wildman–Crippen LogP) is 3.62. The van der Waals surface area contributed by atoms with E-state index in [1.54, 1.807) is 0 Å². The lowest BCUT2D eigenvalue weighted by molar-refractivity contribution is -0.121. The first kappa shape index (κ1) is 15.1. The van der Waals surface area contributed by atoms with Gasteiger partial charge in [0.05, 0.1) is 12.2 Å². The van der Waals surface area contributed by atoms with Gasteiger partial charge in [0.2, 0.25) is 0 Å². The second kappa shape index (κ2) is 4.80. The zero-order chi connectivity index (χ0) is 15.7. The smallest absolute Gasteiger partial charge is 0.127 e. The molecule has 0 aliphatic heterocycles. The van der Waals surface area contributed by atoms with Gasteiger partial charge in [-0.15, -0.1) is 0 Å². The van der Waals surface area contributed by atoms with Crippen LogP contribution in [0.4, 0.5) is 4.39 Å². The van der Waals surface area contributed by atoms with E-state index in [0.717, 1.165) is 25.7 Å². The maximum Gasteiger partial charge on any atom is 0.127 e. The molecule has 3 fully saturated rings. The van der Waals surface area contributed by atoms with Crippen molar-refractivity contribution in [2.45, 2.75) is 77.2 Å². The van der Waals surface area contributed by atoms with E-state index in [-0.39, 0.29) is 28.8 Å². The van der Waals surface area contributed by atoms with Crippen LogP contribution in [0.3, 0.4) is 0 Å². The Kier molecular flexibility index (Phi) is 3.30. The van der Waals surface area contributed by atoms with Gasteiger partial charge in [0.1, 0.15) is 6.17 Å². The number of hydrogen-bond donors (Lipinski definition) is 2. The molecule has 0 aromatic heterocycles. The Morgan fingerprint density at radius 1 is 1.18 bits per heavy atom. The number of aliphatic hydroxyl groups is 2. The van der Waals surface area contributed by atoms with Crippen LogP contribution in [0, 0.1) is 28.6 Å². The highest BCUT2D eigenvalue weighted by atomic mass is 19.1. The standard InChI is InChI=1S/C19H29FO2/c1-18-7-4-3-5-11(18)9-15(21)16-12(18)6-8-19(2)13(16)10-14(20)17(19)22/h5,12-17,21-22H,3-4,6-10H2,1-2H3/t12-,13-,14+,15-,16+,17-,18-,19-/m0/s1. The molecular weight excluding hydrogens is 279 g/mol. The normalized spacial score (nSPS) is 57.6. The first-order chi connectivity index (χ1) is 10.4. The molecule has 0 saturated heterocycles. The Morgan fingerprint density at radius 3 is 2.73 bits per heavy atom. The molecule has 22 heavy (non-hydrogen) atoms. The summed E-state index contributed by atoms with van der Waals surface area (Å²) in [6, 6.07) is 0. The van der Waals surface area contributed by atoms with Crippen molar-refractivity contribution in [3.8, 4) is 0 Å². The van der Waals surface area contributed by atoms with Crippen molar-refractivity contribution in [2.75, 3.05) is 0 Å². The highest BCUT2D eigenvalue weighted by Gasteiger charge is 2.63. The maximum atomic E-state index is 14.2.